The van der Waals surface area contributed by atoms with Crippen molar-refractivity contribution in [3.05, 3.63) is 94.3 Å². The van der Waals surface area contributed by atoms with Crippen molar-refractivity contribution in [2.45, 2.75) is 19.5 Å². The first kappa shape index (κ1) is 19.5. The molecule has 0 aliphatic rings. The fourth-order valence-corrected chi connectivity index (χ4v) is 3.46. The first-order valence-electron chi connectivity index (χ1n) is 9.41. The van der Waals surface area contributed by atoms with Crippen LogP contribution in [0.5, 0.6) is 0 Å². The molecule has 1 atom stereocenters. The largest absolute Gasteiger partial charge is 0.340 e. The van der Waals surface area contributed by atoms with Gasteiger partial charge in [0.1, 0.15) is 24.2 Å². The molecule has 0 radical (unpaired) electrons. The number of para-hydroxylation sites is 1. The molecular weight excluding hydrogens is 385 g/mol. The Labute approximate surface area is 171 Å². The predicted molar refractivity (Wildman–Crippen MR) is 110 cm³/mol. The highest BCUT2D eigenvalue weighted by Gasteiger charge is 2.23. The zero-order valence-electron chi connectivity index (χ0n) is 16.5. The van der Waals surface area contributed by atoms with Crippen molar-refractivity contribution in [2.75, 3.05) is 0 Å². The molecule has 7 nitrogen and oxygen atoms in total. The van der Waals surface area contributed by atoms with Gasteiger partial charge in [-0.05, 0) is 24.6 Å². The van der Waals surface area contributed by atoms with Gasteiger partial charge in [0.25, 0.3) is 5.56 Å². The van der Waals surface area contributed by atoms with Gasteiger partial charge in [-0.2, -0.15) is 0 Å². The molecule has 0 aliphatic heterocycles. The van der Waals surface area contributed by atoms with Crippen LogP contribution in [-0.4, -0.2) is 25.0 Å². The van der Waals surface area contributed by atoms with Crippen LogP contribution in [0.1, 0.15) is 23.0 Å². The number of imidazole rings is 1. The lowest BCUT2D eigenvalue weighted by atomic mass is 10.1. The van der Waals surface area contributed by atoms with E-state index in [1.165, 1.54) is 17.0 Å². The summed E-state index contributed by atoms with van der Waals surface area (Å²) < 4.78 is 17.4. The number of aromatic nitrogens is 4. The highest BCUT2D eigenvalue weighted by atomic mass is 19.1. The Kier molecular flexibility index (Phi) is 5.14. The summed E-state index contributed by atoms with van der Waals surface area (Å²) in [6.07, 6.45) is 4.65. The number of carbonyl (C=O) groups is 1. The van der Waals surface area contributed by atoms with Gasteiger partial charge in [-0.1, -0.05) is 30.3 Å². The fourth-order valence-electron chi connectivity index (χ4n) is 3.46. The minimum atomic E-state index is -0.801. The number of hydrogen-bond acceptors (Lipinski definition) is 4. The average molecular weight is 405 g/mol. The van der Waals surface area contributed by atoms with Gasteiger partial charge in [0.2, 0.25) is 5.91 Å². The van der Waals surface area contributed by atoms with Crippen molar-refractivity contribution in [1.29, 1.82) is 0 Å². The van der Waals surface area contributed by atoms with Crippen LogP contribution < -0.4 is 10.9 Å². The summed E-state index contributed by atoms with van der Waals surface area (Å²) in [4.78, 5) is 34.2. The molecule has 0 spiro atoms. The van der Waals surface area contributed by atoms with Crippen LogP contribution >= 0.6 is 0 Å². The first-order chi connectivity index (χ1) is 14.5. The predicted octanol–water partition coefficient (Wildman–Crippen LogP) is 2.48. The van der Waals surface area contributed by atoms with Crippen molar-refractivity contribution in [3.63, 3.8) is 0 Å². The van der Waals surface area contributed by atoms with Crippen LogP contribution in [0.4, 0.5) is 4.39 Å². The molecule has 1 N–H and O–H groups in total. The summed E-state index contributed by atoms with van der Waals surface area (Å²) >= 11 is 0. The molecule has 4 rings (SSSR count). The zero-order chi connectivity index (χ0) is 21.3. The smallest absolute Gasteiger partial charge is 0.261 e. The number of nitrogens with zero attached hydrogens (tertiary/aromatic N) is 4. The van der Waals surface area contributed by atoms with E-state index < -0.39 is 17.8 Å². The normalized spacial score (nSPS) is 12.1. The van der Waals surface area contributed by atoms with Crippen molar-refractivity contribution in [1.82, 2.24) is 24.4 Å². The van der Waals surface area contributed by atoms with Crippen LogP contribution in [0.25, 0.3) is 10.9 Å². The van der Waals surface area contributed by atoms with Gasteiger partial charge in [-0.25, -0.2) is 14.4 Å². The number of benzene rings is 2. The van der Waals surface area contributed by atoms with Crippen LogP contribution in [-0.2, 0) is 18.4 Å². The van der Waals surface area contributed by atoms with Gasteiger partial charge < -0.3 is 9.88 Å². The maximum absolute atomic E-state index is 14.5. The molecular formula is C22H20FN5O2. The van der Waals surface area contributed by atoms with E-state index in [1.54, 1.807) is 54.3 Å². The second-order valence-corrected chi connectivity index (χ2v) is 7.07. The Morgan fingerprint density at radius 1 is 1.17 bits per heavy atom. The van der Waals surface area contributed by atoms with Gasteiger partial charge in [-0.3, -0.25) is 14.2 Å². The number of amides is 1. The van der Waals surface area contributed by atoms with E-state index in [4.69, 9.17) is 0 Å². The summed E-state index contributed by atoms with van der Waals surface area (Å²) in [5.74, 6) is -0.430. The highest BCUT2D eigenvalue weighted by Crippen LogP contribution is 2.23. The van der Waals surface area contributed by atoms with Crippen molar-refractivity contribution in [3.8, 4) is 0 Å². The summed E-state index contributed by atoms with van der Waals surface area (Å²) in [5.41, 5.74) is 1.48. The molecule has 8 heteroatoms. The molecule has 0 fully saturated rings. The summed E-state index contributed by atoms with van der Waals surface area (Å²) in [6, 6.07) is 10.7. The van der Waals surface area contributed by atoms with E-state index in [-0.39, 0.29) is 12.1 Å². The van der Waals surface area contributed by atoms with Gasteiger partial charge in [0.15, 0.2) is 0 Å². The maximum Gasteiger partial charge on any atom is 0.261 e. The number of halogens is 1. The van der Waals surface area contributed by atoms with Crippen LogP contribution in [0.2, 0.25) is 0 Å². The van der Waals surface area contributed by atoms with Gasteiger partial charge in [0.05, 0.1) is 17.2 Å². The van der Waals surface area contributed by atoms with E-state index in [2.05, 4.69) is 15.3 Å². The standard InChI is InChI=1S/C22H20FN5O2/c1-14-6-5-8-16-19(14)25-13-28(22(16)30)12-18(29)26-20(21-24-10-11-27(21)2)15-7-3-4-9-17(15)23/h3-11,13,20H,12H2,1-2H3,(H,26,29). The quantitative estimate of drug-likeness (QED) is 0.553. The lowest BCUT2D eigenvalue weighted by molar-refractivity contribution is -0.122. The number of carbonyl (C=O) groups excluding carboxylic acids is 1. The molecule has 1 amide bonds. The second-order valence-electron chi connectivity index (χ2n) is 7.07. The third-order valence-electron chi connectivity index (χ3n) is 5.01. The molecule has 0 aliphatic carbocycles. The van der Waals surface area contributed by atoms with Crippen molar-refractivity contribution < 1.29 is 9.18 Å². The van der Waals surface area contributed by atoms with Gasteiger partial charge in [0, 0.05) is 25.0 Å². The lowest BCUT2D eigenvalue weighted by Gasteiger charge is -2.20. The maximum atomic E-state index is 14.5. The number of nitrogens with one attached hydrogen (secondary N) is 1. The molecule has 4 aromatic rings. The molecule has 152 valence electrons. The monoisotopic (exact) mass is 405 g/mol. The second kappa shape index (κ2) is 7.90. The minimum absolute atomic E-state index is 0.245. The van der Waals surface area contributed by atoms with Crippen LogP contribution in [0.3, 0.4) is 0 Å². The lowest BCUT2D eigenvalue weighted by Crippen LogP contribution is -2.36. The minimum Gasteiger partial charge on any atom is -0.340 e. The van der Waals surface area contributed by atoms with E-state index >= 15 is 0 Å². The van der Waals surface area contributed by atoms with Gasteiger partial charge in [-0.15, -0.1) is 0 Å². The SMILES string of the molecule is Cc1cccc2c(=O)n(CC(=O)NC(c3ccccc3F)c3nccn3C)cnc12. The van der Waals surface area contributed by atoms with Gasteiger partial charge >= 0.3 is 0 Å². The Bertz CT molecular complexity index is 1290. The topological polar surface area (TPSA) is 81.8 Å². The van der Waals surface area contributed by atoms with E-state index in [9.17, 15) is 14.0 Å². The average Bonchev–Trinajstić information content (AvgIpc) is 3.15. The molecule has 2 heterocycles. The third kappa shape index (κ3) is 3.59. The highest BCUT2D eigenvalue weighted by molar-refractivity contribution is 5.81. The van der Waals surface area contributed by atoms with E-state index in [0.29, 0.717) is 22.3 Å². The van der Waals surface area contributed by atoms with Crippen LogP contribution in [0.15, 0.2) is 66.0 Å². The molecule has 30 heavy (non-hydrogen) atoms. The summed E-state index contributed by atoms with van der Waals surface area (Å²) in [7, 11) is 1.77. The fraction of sp³-hybridized carbons (Fsp3) is 0.182. The zero-order valence-corrected chi connectivity index (χ0v) is 16.5. The molecule has 0 saturated carbocycles. The summed E-state index contributed by atoms with van der Waals surface area (Å²) in [5, 5.41) is 3.25. The first-order valence-corrected chi connectivity index (χ1v) is 9.41. The van der Waals surface area contributed by atoms with Crippen molar-refractivity contribution >= 4 is 16.8 Å². The molecule has 2 aromatic heterocycles. The number of aryl methyl sites for hydroxylation is 2. The number of fused-ring (bicyclic) bond motifs is 1. The van der Waals surface area contributed by atoms with Crippen molar-refractivity contribution in [2.24, 2.45) is 7.05 Å². The van der Waals surface area contributed by atoms with Crippen LogP contribution in [0, 0.1) is 12.7 Å². The Morgan fingerprint density at radius 2 is 1.97 bits per heavy atom. The molecule has 2 aromatic carbocycles. The Hall–Kier alpha value is -3.81. The molecule has 0 saturated heterocycles. The van der Waals surface area contributed by atoms with E-state index in [1.807, 2.05) is 13.0 Å². The molecule has 0 bridgehead atoms. The van der Waals surface area contributed by atoms with E-state index in [0.717, 1.165) is 5.56 Å². The third-order valence-corrected chi connectivity index (χ3v) is 5.01. The number of hydrogen-bond donors (Lipinski definition) is 1. The molecule has 1 unspecified atom stereocenters. The Balaban J connectivity index is 1.65. The number of rotatable bonds is 5. The Morgan fingerprint density at radius 3 is 2.70 bits per heavy atom. The summed E-state index contributed by atoms with van der Waals surface area (Å²) in [6.45, 7) is 1.63.